The van der Waals surface area contributed by atoms with Gasteiger partial charge in [-0.3, -0.25) is 4.79 Å². The van der Waals surface area contributed by atoms with Gasteiger partial charge in [0, 0.05) is 34.7 Å². The number of likely N-dealkylation sites (tertiary alicyclic amines) is 1. The summed E-state index contributed by atoms with van der Waals surface area (Å²) in [5, 5.41) is 4.95. The monoisotopic (exact) mass is 586 g/mol. The molecule has 196 valence electrons. The number of urea groups is 1. The first-order valence-electron chi connectivity index (χ1n) is 12.5. The SMILES string of the molecule is Cc1ccsc1CN(Cc1ccc(F)cc1)C(=O)CN(CCN1CCCC1)C(=O)Nc1ccc(Br)cc1. The summed E-state index contributed by atoms with van der Waals surface area (Å²) >= 11 is 5.02. The molecule has 9 heteroatoms. The molecule has 1 aromatic heterocycles. The van der Waals surface area contributed by atoms with E-state index in [1.807, 2.05) is 42.6 Å². The van der Waals surface area contributed by atoms with Crippen molar-refractivity contribution >= 4 is 44.9 Å². The van der Waals surface area contributed by atoms with Crippen LogP contribution >= 0.6 is 27.3 Å². The van der Waals surface area contributed by atoms with Gasteiger partial charge in [0.15, 0.2) is 0 Å². The molecule has 37 heavy (non-hydrogen) atoms. The summed E-state index contributed by atoms with van der Waals surface area (Å²) in [6, 6.07) is 15.3. The van der Waals surface area contributed by atoms with E-state index in [2.05, 4.69) is 26.1 Å². The number of carbonyl (C=O) groups is 2. The van der Waals surface area contributed by atoms with Crippen molar-refractivity contribution in [1.82, 2.24) is 14.7 Å². The fourth-order valence-corrected chi connectivity index (χ4v) is 5.49. The van der Waals surface area contributed by atoms with Gasteiger partial charge in [-0.15, -0.1) is 11.3 Å². The second kappa shape index (κ2) is 13.2. The minimum absolute atomic E-state index is 0.0399. The smallest absolute Gasteiger partial charge is 0.322 e. The van der Waals surface area contributed by atoms with Crippen molar-refractivity contribution in [3.63, 3.8) is 0 Å². The molecule has 0 atom stereocenters. The molecule has 0 bridgehead atoms. The van der Waals surface area contributed by atoms with E-state index in [9.17, 15) is 14.0 Å². The Morgan fingerprint density at radius 1 is 1.00 bits per heavy atom. The van der Waals surface area contributed by atoms with E-state index >= 15 is 0 Å². The number of amides is 3. The zero-order valence-electron chi connectivity index (χ0n) is 21.0. The lowest BCUT2D eigenvalue weighted by molar-refractivity contribution is -0.133. The van der Waals surface area contributed by atoms with Crippen LogP contribution in [0.25, 0.3) is 0 Å². The van der Waals surface area contributed by atoms with Gasteiger partial charge in [-0.2, -0.15) is 0 Å². The van der Waals surface area contributed by atoms with Crippen LogP contribution in [0.15, 0.2) is 64.5 Å². The number of hydrogen-bond donors (Lipinski definition) is 1. The Kier molecular flexibility index (Phi) is 9.71. The Morgan fingerprint density at radius 2 is 1.70 bits per heavy atom. The molecule has 0 radical (unpaired) electrons. The van der Waals surface area contributed by atoms with Crippen LogP contribution in [0, 0.1) is 12.7 Å². The number of nitrogens with zero attached hydrogens (tertiary/aromatic N) is 3. The van der Waals surface area contributed by atoms with Crippen LogP contribution in [0.5, 0.6) is 0 Å². The van der Waals surface area contributed by atoms with E-state index in [4.69, 9.17) is 0 Å². The van der Waals surface area contributed by atoms with Crippen LogP contribution < -0.4 is 5.32 Å². The number of aryl methyl sites for hydroxylation is 1. The van der Waals surface area contributed by atoms with Gasteiger partial charge in [-0.05, 0) is 91.8 Å². The zero-order chi connectivity index (χ0) is 26.2. The maximum atomic E-state index is 13.7. The third kappa shape index (κ3) is 8.12. The summed E-state index contributed by atoms with van der Waals surface area (Å²) < 4.78 is 14.4. The summed E-state index contributed by atoms with van der Waals surface area (Å²) in [5.41, 5.74) is 2.64. The molecule has 4 rings (SSSR count). The standard InChI is InChI=1S/C28H32BrFN4O2S/c1-21-12-17-37-26(21)19-34(18-22-4-8-24(30)9-5-22)27(35)20-33(16-15-32-13-2-3-14-32)28(36)31-25-10-6-23(29)7-11-25/h4-12,17H,2-3,13-16,18-20H2,1H3,(H,31,36). The van der Waals surface area contributed by atoms with Crippen molar-refractivity contribution in [2.24, 2.45) is 0 Å². The lowest BCUT2D eigenvalue weighted by Gasteiger charge is -2.29. The van der Waals surface area contributed by atoms with Crippen LogP contribution in [0.1, 0.15) is 28.8 Å². The summed E-state index contributed by atoms with van der Waals surface area (Å²) in [6.45, 7) is 5.98. The predicted octanol–water partition coefficient (Wildman–Crippen LogP) is 6.12. The van der Waals surface area contributed by atoms with Crippen LogP contribution in [-0.4, -0.2) is 59.4 Å². The minimum atomic E-state index is -0.312. The first-order chi connectivity index (χ1) is 17.9. The quantitative estimate of drug-likeness (QED) is 0.311. The lowest BCUT2D eigenvalue weighted by Crippen LogP contribution is -2.46. The summed E-state index contributed by atoms with van der Waals surface area (Å²) in [5.74, 6) is -0.460. The Balaban J connectivity index is 1.50. The minimum Gasteiger partial charge on any atom is -0.332 e. The molecule has 1 aliphatic heterocycles. The Labute approximate surface area is 230 Å². The molecule has 0 aliphatic carbocycles. The van der Waals surface area contributed by atoms with E-state index in [0.717, 1.165) is 53.0 Å². The number of nitrogens with one attached hydrogen (secondary N) is 1. The maximum absolute atomic E-state index is 13.7. The summed E-state index contributed by atoms with van der Waals surface area (Å²) in [4.78, 5) is 33.8. The molecular formula is C28H32BrFN4O2S. The molecular weight excluding hydrogens is 555 g/mol. The average molecular weight is 588 g/mol. The largest absolute Gasteiger partial charge is 0.332 e. The van der Waals surface area contributed by atoms with Crippen molar-refractivity contribution in [1.29, 1.82) is 0 Å². The van der Waals surface area contributed by atoms with Gasteiger partial charge in [-0.25, -0.2) is 9.18 Å². The van der Waals surface area contributed by atoms with Gasteiger partial charge in [0.1, 0.15) is 12.4 Å². The third-order valence-corrected chi connectivity index (χ3v) is 8.07. The number of anilines is 1. The molecule has 1 aliphatic rings. The highest BCUT2D eigenvalue weighted by atomic mass is 79.9. The summed E-state index contributed by atoms with van der Waals surface area (Å²) in [7, 11) is 0. The number of carbonyl (C=O) groups excluding carboxylic acids is 2. The Hall–Kier alpha value is -2.75. The van der Waals surface area contributed by atoms with Gasteiger partial charge in [0.25, 0.3) is 0 Å². The van der Waals surface area contributed by atoms with Crippen molar-refractivity contribution in [3.8, 4) is 0 Å². The molecule has 2 heterocycles. The van der Waals surface area contributed by atoms with Gasteiger partial charge in [0.05, 0.1) is 6.54 Å². The molecule has 6 nitrogen and oxygen atoms in total. The number of benzene rings is 2. The first-order valence-corrected chi connectivity index (χ1v) is 14.1. The second-order valence-corrected chi connectivity index (χ2v) is 11.2. The Bertz CT molecular complexity index is 1180. The molecule has 1 N–H and O–H groups in total. The lowest BCUT2D eigenvalue weighted by atomic mass is 10.2. The van der Waals surface area contributed by atoms with Crippen LogP contribution in [0.3, 0.4) is 0 Å². The van der Waals surface area contributed by atoms with Gasteiger partial charge < -0.3 is 20.0 Å². The van der Waals surface area contributed by atoms with Gasteiger partial charge >= 0.3 is 6.03 Å². The highest BCUT2D eigenvalue weighted by molar-refractivity contribution is 9.10. The molecule has 0 saturated carbocycles. The van der Waals surface area contributed by atoms with Crippen molar-refractivity contribution in [2.75, 3.05) is 38.0 Å². The molecule has 0 spiro atoms. The van der Waals surface area contributed by atoms with Crippen LogP contribution in [0.2, 0.25) is 0 Å². The van der Waals surface area contributed by atoms with Crippen molar-refractivity contribution < 1.29 is 14.0 Å². The third-order valence-electron chi connectivity index (χ3n) is 6.54. The first kappa shape index (κ1) is 27.3. The molecule has 1 saturated heterocycles. The topological polar surface area (TPSA) is 55.9 Å². The number of halogens is 2. The highest BCUT2D eigenvalue weighted by Gasteiger charge is 2.24. The fourth-order valence-electron chi connectivity index (χ4n) is 4.30. The molecule has 1 fully saturated rings. The summed E-state index contributed by atoms with van der Waals surface area (Å²) in [6.07, 6.45) is 2.32. The highest BCUT2D eigenvalue weighted by Crippen LogP contribution is 2.20. The van der Waals surface area contributed by atoms with E-state index in [-0.39, 0.29) is 24.3 Å². The fraction of sp³-hybridized carbons (Fsp3) is 0.357. The van der Waals surface area contributed by atoms with E-state index in [1.54, 1.807) is 33.3 Å². The maximum Gasteiger partial charge on any atom is 0.322 e. The van der Waals surface area contributed by atoms with Crippen molar-refractivity contribution in [3.05, 3.63) is 86.3 Å². The number of hydrogen-bond acceptors (Lipinski definition) is 4. The Morgan fingerprint density at radius 3 is 2.35 bits per heavy atom. The van der Waals surface area contributed by atoms with Crippen LogP contribution in [0.4, 0.5) is 14.9 Å². The van der Waals surface area contributed by atoms with Gasteiger partial charge in [-0.1, -0.05) is 28.1 Å². The number of thiophene rings is 1. The molecule has 2 aromatic carbocycles. The van der Waals surface area contributed by atoms with E-state index in [0.29, 0.717) is 25.3 Å². The molecule has 0 unspecified atom stereocenters. The second-order valence-electron chi connectivity index (χ2n) is 9.31. The van der Waals surface area contributed by atoms with E-state index < -0.39 is 0 Å². The average Bonchev–Trinajstić information content (AvgIpc) is 3.55. The van der Waals surface area contributed by atoms with Crippen molar-refractivity contribution in [2.45, 2.75) is 32.9 Å². The zero-order valence-corrected chi connectivity index (χ0v) is 23.4. The predicted molar refractivity (Wildman–Crippen MR) is 150 cm³/mol. The van der Waals surface area contributed by atoms with Gasteiger partial charge in [0.2, 0.25) is 5.91 Å². The normalized spacial score (nSPS) is 13.5. The number of rotatable bonds is 10. The van der Waals surface area contributed by atoms with E-state index in [1.165, 1.54) is 12.1 Å². The molecule has 3 amide bonds. The molecule has 3 aromatic rings. The van der Waals surface area contributed by atoms with Crippen LogP contribution in [-0.2, 0) is 17.9 Å².